The first kappa shape index (κ1) is 14.5. The second kappa shape index (κ2) is 6.40. The van der Waals surface area contributed by atoms with Crippen molar-refractivity contribution < 1.29 is 9.53 Å². The van der Waals surface area contributed by atoms with E-state index in [1.807, 2.05) is 24.3 Å². The Hall–Kier alpha value is -1.55. The number of methoxy groups -OCH3 is 1. The summed E-state index contributed by atoms with van der Waals surface area (Å²) < 4.78 is 5.24. The number of anilines is 1. The number of benzene rings is 1. The molecule has 1 aromatic rings. The Kier molecular flexibility index (Phi) is 5.16. The fourth-order valence-electron chi connectivity index (χ4n) is 1.88. The van der Waals surface area contributed by atoms with Crippen molar-refractivity contribution in [2.75, 3.05) is 19.1 Å². The molecule has 0 unspecified atom stereocenters. The number of hydrogen-bond donors (Lipinski definition) is 1. The van der Waals surface area contributed by atoms with Crippen LogP contribution >= 0.6 is 0 Å². The van der Waals surface area contributed by atoms with E-state index < -0.39 is 6.04 Å². The van der Waals surface area contributed by atoms with Crippen molar-refractivity contribution in [3.8, 4) is 5.75 Å². The lowest BCUT2D eigenvalue weighted by atomic mass is 10.0. The molecule has 0 aromatic heterocycles. The first-order valence-electron chi connectivity index (χ1n) is 6.13. The zero-order valence-corrected chi connectivity index (χ0v) is 11.5. The van der Waals surface area contributed by atoms with E-state index in [-0.39, 0.29) is 5.91 Å². The van der Waals surface area contributed by atoms with Crippen LogP contribution in [0, 0.1) is 5.92 Å². The van der Waals surface area contributed by atoms with Gasteiger partial charge in [-0.1, -0.05) is 26.0 Å². The monoisotopic (exact) mass is 250 g/mol. The highest BCUT2D eigenvalue weighted by Crippen LogP contribution is 2.27. The Morgan fingerprint density at radius 1 is 1.39 bits per heavy atom. The maximum absolute atomic E-state index is 12.2. The van der Waals surface area contributed by atoms with E-state index in [0.717, 1.165) is 5.69 Å². The van der Waals surface area contributed by atoms with E-state index in [2.05, 4.69) is 13.8 Å². The number of nitrogens with zero attached hydrogens (tertiary/aromatic N) is 1. The summed E-state index contributed by atoms with van der Waals surface area (Å²) in [5.41, 5.74) is 6.66. The second-order valence-electron chi connectivity index (χ2n) is 4.81. The lowest BCUT2D eigenvalue weighted by Crippen LogP contribution is -2.42. The van der Waals surface area contributed by atoms with Gasteiger partial charge in [-0.2, -0.15) is 0 Å². The molecule has 1 atom stereocenters. The molecule has 100 valence electrons. The highest BCUT2D eigenvalue weighted by molar-refractivity contribution is 5.97. The SMILES string of the molecule is COc1ccccc1N(C)C(=O)[C@H](N)CC(C)C. The predicted molar refractivity (Wildman–Crippen MR) is 73.8 cm³/mol. The summed E-state index contributed by atoms with van der Waals surface area (Å²) in [6, 6.07) is 6.94. The van der Waals surface area contributed by atoms with E-state index in [9.17, 15) is 4.79 Å². The van der Waals surface area contributed by atoms with Gasteiger partial charge in [0, 0.05) is 7.05 Å². The number of nitrogens with two attached hydrogens (primary N) is 1. The minimum Gasteiger partial charge on any atom is -0.495 e. The summed E-state index contributed by atoms with van der Waals surface area (Å²) in [7, 11) is 3.31. The van der Waals surface area contributed by atoms with Gasteiger partial charge in [0.25, 0.3) is 0 Å². The van der Waals surface area contributed by atoms with Gasteiger partial charge in [0.15, 0.2) is 0 Å². The molecular formula is C14H22N2O2. The van der Waals surface area contributed by atoms with Crippen LogP contribution in [0.25, 0.3) is 0 Å². The van der Waals surface area contributed by atoms with Crippen molar-refractivity contribution >= 4 is 11.6 Å². The van der Waals surface area contributed by atoms with Crippen molar-refractivity contribution in [3.05, 3.63) is 24.3 Å². The molecular weight excluding hydrogens is 228 g/mol. The zero-order chi connectivity index (χ0) is 13.7. The number of para-hydroxylation sites is 2. The molecule has 1 rings (SSSR count). The second-order valence-corrected chi connectivity index (χ2v) is 4.81. The van der Waals surface area contributed by atoms with Crippen LogP contribution < -0.4 is 15.4 Å². The van der Waals surface area contributed by atoms with Gasteiger partial charge in [0.2, 0.25) is 5.91 Å². The number of likely N-dealkylation sites (N-methyl/N-ethyl adjacent to an activating group) is 1. The molecule has 0 bridgehead atoms. The fourth-order valence-corrected chi connectivity index (χ4v) is 1.88. The molecule has 18 heavy (non-hydrogen) atoms. The standard InChI is InChI=1S/C14H22N2O2/c1-10(2)9-11(15)14(17)16(3)12-7-5-6-8-13(12)18-4/h5-8,10-11H,9,15H2,1-4H3/t11-/m1/s1. The third kappa shape index (κ3) is 3.47. The number of rotatable bonds is 5. The molecule has 0 fully saturated rings. The van der Waals surface area contributed by atoms with E-state index in [1.165, 1.54) is 0 Å². The molecule has 0 aliphatic heterocycles. The summed E-state index contributed by atoms with van der Waals surface area (Å²) in [6.07, 6.45) is 0.679. The number of ether oxygens (including phenoxy) is 1. The Labute approximate surface area is 109 Å². The minimum atomic E-state index is -0.472. The maximum atomic E-state index is 12.2. The highest BCUT2D eigenvalue weighted by atomic mass is 16.5. The van der Waals surface area contributed by atoms with Crippen LogP contribution in [0.15, 0.2) is 24.3 Å². The van der Waals surface area contributed by atoms with Crippen molar-refractivity contribution in [1.29, 1.82) is 0 Å². The van der Waals surface area contributed by atoms with Gasteiger partial charge in [-0.25, -0.2) is 0 Å². The smallest absolute Gasteiger partial charge is 0.243 e. The Morgan fingerprint density at radius 2 is 2.00 bits per heavy atom. The predicted octanol–water partition coefficient (Wildman–Crippen LogP) is 2.03. The van der Waals surface area contributed by atoms with Crippen molar-refractivity contribution in [1.82, 2.24) is 0 Å². The summed E-state index contributed by atoms with van der Waals surface area (Å²) >= 11 is 0. The van der Waals surface area contributed by atoms with Gasteiger partial charge in [-0.15, -0.1) is 0 Å². The quantitative estimate of drug-likeness (QED) is 0.870. The fraction of sp³-hybridized carbons (Fsp3) is 0.500. The topological polar surface area (TPSA) is 55.6 Å². The van der Waals surface area contributed by atoms with Gasteiger partial charge < -0.3 is 15.4 Å². The molecule has 0 aliphatic carbocycles. The summed E-state index contributed by atoms with van der Waals surface area (Å²) in [5.74, 6) is 0.980. The van der Waals surface area contributed by atoms with E-state index in [0.29, 0.717) is 18.1 Å². The first-order chi connectivity index (χ1) is 8.47. The lowest BCUT2D eigenvalue weighted by molar-refractivity contribution is -0.119. The van der Waals surface area contributed by atoms with Crippen LogP contribution in [0.1, 0.15) is 20.3 Å². The van der Waals surface area contributed by atoms with Crippen LogP contribution in [0.4, 0.5) is 5.69 Å². The van der Waals surface area contributed by atoms with Crippen LogP contribution in [-0.4, -0.2) is 26.1 Å². The third-order valence-electron chi connectivity index (χ3n) is 2.82. The van der Waals surface area contributed by atoms with Crippen molar-refractivity contribution in [3.63, 3.8) is 0 Å². The molecule has 0 saturated carbocycles. The average Bonchev–Trinajstić information content (AvgIpc) is 2.36. The Balaban J connectivity index is 2.86. The van der Waals surface area contributed by atoms with Gasteiger partial charge >= 0.3 is 0 Å². The van der Waals surface area contributed by atoms with Gasteiger partial charge in [0.05, 0.1) is 18.8 Å². The molecule has 4 nitrogen and oxygen atoms in total. The Bertz CT molecular complexity index is 405. The van der Waals surface area contributed by atoms with Gasteiger partial charge in [0.1, 0.15) is 5.75 Å². The maximum Gasteiger partial charge on any atom is 0.243 e. The van der Waals surface area contributed by atoms with Crippen molar-refractivity contribution in [2.45, 2.75) is 26.3 Å². The van der Waals surface area contributed by atoms with E-state index in [1.54, 1.807) is 19.1 Å². The molecule has 0 radical (unpaired) electrons. The van der Waals surface area contributed by atoms with Crippen LogP contribution in [0.5, 0.6) is 5.75 Å². The zero-order valence-electron chi connectivity index (χ0n) is 11.5. The number of amides is 1. The minimum absolute atomic E-state index is 0.0896. The average molecular weight is 250 g/mol. The Morgan fingerprint density at radius 3 is 2.56 bits per heavy atom. The molecule has 0 saturated heterocycles. The molecule has 1 amide bonds. The number of carbonyl (C=O) groups excluding carboxylic acids is 1. The van der Waals surface area contributed by atoms with Gasteiger partial charge in [-0.05, 0) is 24.5 Å². The number of hydrogen-bond acceptors (Lipinski definition) is 3. The molecule has 2 N–H and O–H groups in total. The first-order valence-corrected chi connectivity index (χ1v) is 6.13. The van der Waals surface area contributed by atoms with E-state index >= 15 is 0 Å². The molecule has 4 heteroatoms. The lowest BCUT2D eigenvalue weighted by Gasteiger charge is -2.23. The van der Waals surface area contributed by atoms with Crippen LogP contribution in [0.3, 0.4) is 0 Å². The third-order valence-corrected chi connectivity index (χ3v) is 2.82. The van der Waals surface area contributed by atoms with E-state index in [4.69, 9.17) is 10.5 Å². The largest absolute Gasteiger partial charge is 0.495 e. The molecule has 1 aromatic carbocycles. The highest BCUT2D eigenvalue weighted by Gasteiger charge is 2.21. The summed E-state index contributed by atoms with van der Waals surface area (Å²) in [5, 5.41) is 0. The van der Waals surface area contributed by atoms with Crippen LogP contribution in [-0.2, 0) is 4.79 Å². The normalized spacial score (nSPS) is 12.3. The molecule has 0 heterocycles. The van der Waals surface area contributed by atoms with Gasteiger partial charge in [-0.3, -0.25) is 4.79 Å². The summed E-state index contributed by atoms with van der Waals surface area (Å²) in [4.78, 5) is 13.8. The summed E-state index contributed by atoms with van der Waals surface area (Å²) in [6.45, 7) is 4.10. The molecule has 0 aliphatic rings. The van der Waals surface area contributed by atoms with Crippen molar-refractivity contribution in [2.24, 2.45) is 11.7 Å². The molecule has 0 spiro atoms. The number of carbonyl (C=O) groups is 1. The van der Waals surface area contributed by atoms with Crippen LogP contribution in [0.2, 0.25) is 0 Å².